The highest BCUT2D eigenvalue weighted by Crippen LogP contribution is 2.32. The van der Waals surface area contributed by atoms with Gasteiger partial charge in [0.25, 0.3) is 0 Å². The fourth-order valence-electron chi connectivity index (χ4n) is 2.01. The van der Waals surface area contributed by atoms with Crippen LogP contribution in [0.3, 0.4) is 0 Å². The number of hydrogen-bond acceptors (Lipinski definition) is 2. The van der Waals surface area contributed by atoms with Crippen molar-refractivity contribution < 1.29 is 9.53 Å². The van der Waals surface area contributed by atoms with Gasteiger partial charge in [-0.25, -0.2) is 0 Å². The molecule has 2 nitrogen and oxygen atoms in total. The molecule has 0 unspecified atom stereocenters. The lowest BCUT2D eigenvalue weighted by Gasteiger charge is -2.18. The van der Waals surface area contributed by atoms with Crippen LogP contribution in [0.4, 0.5) is 0 Å². The Hall–Kier alpha value is -1.83. The molecule has 0 aromatic heterocycles. The van der Waals surface area contributed by atoms with Crippen molar-refractivity contribution in [1.29, 1.82) is 0 Å². The van der Waals surface area contributed by atoms with Gasteiger partial charge in [-0.15, -0.1) is 0 Å². The summed E-state index contributed by atoms with van der Waals surface area (Å²) < 4.78 is 5.50. The average molecular weight is 198 g/mol. The van der Waals surface area contributed by atoms with Crippen molar-refractivity contribution in [3.05, 3.63) is 42.0 Å². The molecule has 3 rings (SSSR count). The van der Waals surface area contributed by atoms with E-state index in [1.807, 2.05) is 30.3 Å². The summed E-state index contributed by atoms with van der Waals surface area (Å²) in [4.78, 5) is 11.2. The Kier molecular flexibility index (Phi) is 1.75. The zero-order valence-electron chi connectivity index (χ0n) is 8.19. The molecule has 74 valence electrons. The Morgan fingerprint density at radius 3 is 2.87 bits per heavy atom. The predicted octanol–water partition coefficient (Wildman–Crippen LogP) is 2.34. The number of carbonyl (C=O) groups excluding carboxylic acids is 1. The molecule has 0 radical (unpaired) electrons. The monoisotopic (exact) mass is 198 g/mol. The Bertz CT molecular complexity index is 543. The van der Waals surface area contributed by atoms with Crippen molar-refractivity contribution in [2.45, 2.75) is 6.42 Å². The largest absolute Gasteiger partial charge is 0.485 e. The second-order valence-corrected chi connectivity index (χ2v) is 3.78. The second-order valence-electron chi connectivity index (χ2n) is 3.78. The number of rotatable bonds is 0. The van der Waals surface area contributed by atoms with Gasteiger partial charge in [0.15, 0.2) is 5.78 Å². The summed E-state index contributed by atoms with van der Waals surface area (Å²) in [5.74, 6) is 1.03. The third-order valence-corrected chi connectivity index (χ3v) is 2.73. The summed E-state index contributed by atoms with van der Waals surface area (Å²) in [6.45, 7) is 0.209. The van der Waals surface area contributed by atoms with E-state index in [0.29, 0.717) is 6.42 Å². The number of benzene rings is 2. The quantitative estimate of drug-likeness (QED) is 0.649. The molecule has 0 fully saturated rings. The van der Waals surface area contributed by atoms with E-state index in [2.05, 4.69) is 6.07 Å². The highest BCUT2D eigenvalue weighted by atomic mass is 16.5. The summed E-state index contributed by atoms with van der Waals surface area (Å²) in [6, 6.07) is 12.1. The van der Waals surface area contributed by atoms with Gasteiger partial charge in [0.1, 0.15) is 12.4 Å². The topological polar surface area (TPSA) is 26.3 Å². The van der Waals surface area contributed by atoms with Crippen LogP contribution in [-0.4, -0.2) is 12.4 Å². The highest BCUT2D eigenvalue weighted by molar-refractivity contribution is 5.94. The van der Waals surface area contributed by atoms with Gasteiger partial charge >= 0.3 is 0 Å². The Morgan fingerprint density at radius 1 is 1.07 bits per heavy atom. The standard InChI is InChI=1S/C13H10O2/c14-11-7-10-6-5-9-3-1-2-4-12(9)13(10)15-8-11/h1-6H,7-8H2. The van der Waals surface area contributed by atoms with E-state index >= 15 is 0 Å². The zero-order chi connectivity index (χ0) is 10.3. The number of hydrogen-bond donors (Lipinski definition) is 0. The van der Waals surface area contributed by atoms with Gasteiger partial charge in [-0.1, -0.05) is 36.4 Å². The van der Waals surface area contributed by atoms with Crippen LogP contribution >= 0.6 is 0 Å². The number of ether oxygens (including phenoxy) is 1. The van der Waals surface area contributed by atoms with Gasteiger partial charge in [-0.05, 0) is 5.39 Å². The van der Waals surface area contributed by atoms with Crippen molar-refractivity contribution in [3.8, 4) is 5.75 Å². The average Bonchev–Trinajstić information content (AvgIpc) is 2.28. The van der Waals surface area contributed by atoms with Crippen molar-refractivity contribution in [1.82, 2.24) is 0 Å². The summed E-state index contributed by atoms with van der Waals surface area (Å²) >= 11 is 0. The smallest absolute Gasteiger partial charge is 0.174 e. The number of carbonyl (C=O) groups is 1. The van der Waals surface area contributed by atoms with E-state index in [0.717, 1.165) is 22.1 Å². The third-order valence-electron chi connectivity index (χ3n) is 2.73. The van der Waals surface area contributed by atoms with Crippen LogP contribution in [0.25, 0.3) is 10.8 Å². The van der Waals surface area contributed by atoms with Crippen LogP contribution in [0.5, 0.6) is 5.75 Å². The maximum atomic E-state index is 11.2. The molecule has 2 aromatic rings. The van der Waals surface area contributed by atoms with Crippen LogP contribution in [0.1, 0.15) is 5.56 Å². The molecule has 1 aliphatic rings. The van der Waals surface area contributed by atoms with Crippen LogP contribution < -0.4 is 4.74 Å². The summed E-state index contributed by atoms with van der Waals surface area (Å²) in [7, 11) is 0. The van der Waals surface area contributed by atoms with Crippen LogP contribution in [0, 0.1) is 0 Å². The van der Waals surface area contributed by atoms with E-state index < -0.39 is 0 Å². The minimum atomic E-state index is 0.151. The van der Waals surface area contributed by atoms with E-state index in [1.54, 1.807) is 0 Å². The molecular weight excluding hydrogens is 188 g/mol. The van der Waals surface area contributed by atoms with Gasteiger partial charge < -0.3 is 4.74 Å². The molecule has 0 spiro atoms. The molecule has 0 saturated heterocycles. The molecular formula is C13H10O2. The van der Waals surface area contributed by atoms with E-state index in [4.69, 9.17) is 4.74 Å². The SMILES string of the molecule is O=C1COc2c(ccc3ccccc23)C1. The summed E-state index contributed by atoms with van der Waals surface area (Å²) in [5.41, 5.74) is 1.00. The lowest BCUT2D eigenvalue weighted by molar-refractivity contribution is -0.121. The second kappa shape index (κ2) is 3.09. The molecule has 0 bridgehead atoms. The number of fused-ring (bicyclic) bond motifs is 3. The van der Waals surface area contributed by atoms with Gasteiger partial charge in [0.05, 0.1) is 0 Å². The number of ketones is 1. The van der Waals surface area contributed by atoms with Crippen molar-refractivity contribution >= 4 is 16.6 Å². The van der Waals surface area contributed by atoms with Crippen LogP contribution in [-0.2, 0) is 11.2 Å². The normalized spacial score (nSPS) is 14.8. The molecule has 0 amide bonds. The molecule has 15 heavy (non-hydrogen) atoms. The maximum Gasteiger partial charge on any atom is 0.174 e. The predicted molar refractivity (Wildman–Crippen MR) is 58.2 cm³/mol. The highest BCUT2D eigenvalue weighted by Gasteiger charge is 2.18. The first-order valence-electron chi connectivity index (χ1n) is 5.00. The van der Waals surface area contributed by atoms with Crippen molar-refractivity contribution in [2.75, 3.05) is 6.61 Å². The van der Waals surface area contributed by atoms with Crippen molar-refractivity contribution in [2.24, 2.45) is 0 Å². The lowest BCUT2D eigenvalue weighted by Crippen LogP contribution is -2.20. The lowest BCUT2D eigenvalue weighted by atomic mass is 10.00. The Labute approximate surface area is 87.5 Å². The first-order chi connectivity index (χ1) is 7.34. The van der Waals surface area contributed by atoms with Gasteiger partial charge in [0, 0.05) is 17.4 Å². The summed E-state index contributed by atoms with van der Waals surface area (Å²) in [6.07, 6.45) is 0.500. The zero-order valence-corrected chi connectivity index (χ0v) is 8.19. The molecule has 0 atom stereocenters. The molecule has 2 aromatic carbocycles. The van der Waals surface area contributed by atoms with Gasteiger partial charge in [-0.2, -0.15) is 0 Å². The first kappa shape index (κ1) is 8.48. The molecule has 1 heterocycles. The molecule has 0 N–H and O–H groups in total. The fraction of sp³-hybridized carbons (Fsp3) is 0.154. The van der Waals surface area contributed by atoms with E-state index in [9.17, 15) is 4.79 Å². The molecule has 0 aliphatic carbocycles. The van der Waals surface area contributed by atoms with E-state index in [1.165, 1.54) is 0 Å². The third kappa shape index (κ3) is 1.30. The maximum absolute atomic E-state index is 11.2. The van der Waals surface area contributed by atoms with E-state index in [-0.39, 0.29) is 12.4 Å². The Balaban J connectivity index is 2.30. The molecule has 1 aliphatic heterocycles. The number of Topliss-reactive ketones (excluding diaryl/α,β-unsaturated/α-hetero) is 1. The summed E-state index contributed by atoms with van der Waals surface area (Å²) in [5, 5.41) is 2.26. The van der Waals surface area contributed by atoms with Crippen molar-refractivity contribution in [3.63, 3.8) is 0 Å². The minimum absolute atomic E-state index is 0.151. The first-order valence-corrected chi connectivity index (χ1v) is 5.00. The van der Waals surface area contributed by atoms with Gasteiger partial charge in [0.2, 0.25) is 0 Å². The molecule has 2 heteroatoms. The Morgan fingerprint density at radius 2 is 1.93 bits per heavy atom. The van der Waals surface area contributed by atoms with Crippen LogP contribution in [0.2, 0.25) is 0 Å². The minimum Gasteiger partial charge on any atom is -0.485 e. The van der Waals surface area contributed by atoms with Gasteiger partial charge in [-0.3, -0.25) is 4.79 Å². The fourth-order valence-corrected chi connectivity index (χ4v) is 2.01. The molecule has 0 saturated carbocycles. The van der Waals surface area contributed by atoms with Crippen LogP contribution in [0.15, 0.2) is 36.4 Å².